The Morgan fingerprint density at radius 1 is 0.947 bits per heavy atom. The van der Waals surface area contributed by atoms with Gasteiger partial charge >= 0.3 is 0 Å². The van der Waals surface area contributed by atoms with E-state index in [1.165, 1.54) is 12.1 Å². The molecule has 2 aromatic rings. The van der Waals surface area contributed by atoms with E-state index in [0.717, 1.165) is 23.8 Å². The Morgan fingerprint density at radius 3 is 2.21 bits per heavy atom. The third-order valence-corrected chi connectivity index (χ3v) is 2.95. The summed E-state index contributed by atoms with van der Waals surface area (Å²) in [4.78, 5) is 0. The summed E-state index contributed by atoms with van der Waals surface area (Å²) in [6.45, 7) is 1.74. The van der Waals surface area contributed by atoms with Gasteiger partial charge in [0.05, 0.1) is 6.10 Å². The largest absolute Gasteiger partial charge is 0.388 e. The van der Waals surface area contributed by atoms with Crippen LogP contribution in [0.3, 0.4) is 0 Å². The number of aliphatic hydroxyl groups is 1. The minimum absolute atomic E-state index is 0.0268. The Balaban J connectivity index is 2.25. The summed E-state index contributed by atoms with van der Waals surface area (Å²) in [6.07, 6.45) is -0.976. The van der Waals surface area contributed by atoms with E-state index in [1.807, 2.05) is 0 Å². The number of aliphatic hydroxyl groups excluding tert-OH is 1. The van der Waals surface area contributed by atoms with Crippen LogP contribution in [0, 0.1) is 24.4 Å². The highest BCUT2D eigenvalue weighted by Gasteiger charge is 2.13. The molecule has 0 aliphatic carbocycles. The van der Waals surface area contributed by atoms with E-state index in [0.29, 0.717) is 11.1 Å². The maximum absolute atomic E-state index is 13.1. The van der Waals surface area contributed by atoms with Gasteiger partial charge in [-0.3, -0.25) is 0 Å². The van der Waals surface area contributed by atoms with Crippen molar-refractivity contribution in [2.45, 2.75) is 19.4 Å². The minimum atomic E-state index is -1.00. The Labute approximate surface area is 109 Å². The van der Waals surface area contributed by atoms with Gasteiger partial charge < -0.3 is 5.11 Å². The Kier molecular flexibility index (Phi) is 3.90. The number of rotatable bonds is 3. The molecule has 0 aliphatic rings. The van der Waals surface area contributed by atoms with E-state index in [1.54, 1.807) is 13.0 Å². The SMILES string of the molecule is Cc1ccc(F)cc1C(O)Cc1cc(F)cc(F)c1. The van der Waals surface area contributed by atoms with Crippen molar-refractivity contribution in [3.8, 4) is 0 Å². The van der Waals surface area contributed by atoms with Crippen LogP contribution in [0.4, 0.5) is 13.2 Å². The number of hydrogen-bond donors (Lipinski definition) is 1. The van der Waals surface area contributed by atoms with Gasteiger partial charge in [0.15, 0.2) is 0 Å². The molecule has 0 spiro atoms. The van der Waals surface area contributed by atoms with Crippen LogP contribution < -0.4 is 0 Å². The molecule has 0 bridgehead atoms. The van der Waals surface area contributed by atoms with Crippen molar-refractivity contribution in [1.82, 2.24) is 0 Å². The zero-order valence-corrected chi connectivity index (χ0v) is 10.3. The van der Waals surface area contributed by atoms with Crippen LogP contribution in [0.2, 0.25) is 0 Å². The maximum atomic E-state index is 13.1. The van der Waals surface area contributed by atoms with Crippen molar-refractivity contribution >= 4 is 0 Å². The predicted molar refractivity (Wildman–Crippen MR) is 66.2 cm³/mol. The fourth-order valence-corrected chi connectivity index (χ4v) is 2.03. The first-order valence-corrected chi connectivity index (χ1v) is 5.85. The van der Waals surface area contributed by atoms with Gasteiger partial charge in [-0.15, -0.1) is 0 Å². The Morgan fingerprint density at radius 2 is 1.58 bits per heavy atom. The zero-order valence-electron chi connectivity index (χ0n) is 10.3. The van der Waals surface area contributed by atoms with Crippen LogP contribution in [-0.4, -0.2) is 5.11 Å². The van der Waals surface area contributed by atoms with Gasteiger partial charge in [-0.1, -0.05) is 6.07 Å². The summed E-state index contributed by atoms with van der Waals surface area (Å²) in [6, 6.07) is 7.16. The molecule has 1 nitrogen and oxygen atoms in total. The van der Waals surface area contributed by atoms with Crippen LogP contribution in [0.1, 0.15) is 22.8 Å². The van der Waals surface area contributed by atoms with Crippen LogP contribution in [-0.2, 0) is 6.42 Å². The molecule has 1 unspecified atom stereocenters. The molecule has 2 rings (SSSR count). The molecular formula is C15H13F3O. The van der Waals surface area contributed by atoms with Gasteiger partial charge in [0.2, 0.25) is 0 Å². The molecule has 100 valence electrons. The lowest BCUT2D eigenvalue weighted by molar-refractivity contribution is 0.177. The Hall–Kier alpha value is -1.81. The number of benzene rings is 2. The van der Waals surface area contributed by atoms with Crippen molar-refractivity contribution in [3.05, 3.63) is 70.5 Å². The summed E-state index contributed by atoms with van der Waals surface area (Å²) in [7, 11) is 0. The summed E-state index contributed by atoms with van der Waals surface area (Å²) in [5, 5.41) is 10.0. The second kappa shape index (κ2) is 5.45. The molecule has 4 heteroatoms. The standard InChI is InChI=1S/C15H13F3O/c1-9-2-3-11(16)8-14(9)15(19)6-10-4-12(17)7-13(18)5-10/h2-5,7-8,15,19H,6H2,1H3. The van der Waals surface area contributed by atoms with E-state index >= 15 is 0 Å². The summed E-state index contributed by atoms with van der Waals surface area (Å²) >= 11 is 0. The van der Waals surface area contributed by atoms with E-state index < -0.39 is 23.6 Å². The quantitative estimate of drug-likeness (QED) is 0.898. The van der Waals surface area contributed by atoms with Gasteiger partial charge in [0, 0.05) is 12.5 Å². The highest BCUT2D eigenvalue weighted by Crippen LogP contribution is 2.23. The highest BCUT2D eigenvalue weighted by molar-refractivity contribution is 5.30. The van der Waals surface area contributed by atoms with Crippen molar-refractivity contribution < 1.29 is 18.3 Å². The normalized spacial score (nSPS) is 12.5. The molecule has 0 heterocycles. The molecule has 0 fully saturated rings. The summed E-state index contributed by atoms with van der Waals surface area (Å²) in [5.74, 6) is -1.85. The third kappa shape index (κ3) is 3.35. The van der Waals surface area contributed by atoms with Gasteiger partial charge in [-0.25, -0.2) is 13.2 Å². The molecule has 1 N–H and O–H groups in total. The lowest BCUT2D eigenvalue weighted by atomic mass is 9.97. The first-order valence-electron chi connectivity index (χ1n) is 5.85. The van der Waals surface area contributed by atoms with Gasteiger partial charge in [0.1, 0.15) is 17.5 Å². The fraction of sp³-hybridized carbons (Fsp3) is 0.200. The van der Waals surface area contributed by atoms with Crippen molar-refractivity contribution in [1.29, 1.82) is 0 Å². The van der Waals surface area contributed by atoms with Gasteiger partial charge in [-0.2, -0.15) is 0 Å². The average molecular weight is 266 g/mol. The van der Waals surface area contributed by atoms with Crippen molar-refractivity contribution in [2.24, 2.45) is 0 Å². The third-order valence-electron chi connectivity index (χ3n) is 2.95. The smallest absolute Gasteiger partial charge is 0.126 e. The number of aryl methyl sites for hydroxylation is 1. The van der Waals surface area contributed by atoms with E-state index in [2.05, 4.69) is 0 Å². The fourth-order valence-electron chi connectivity index (χ4n) is 2.03. The second-order valence-electron chi connectivity index (χ2n) is 4.50. The molecule has 0 saturated heterocycles. The van der Waals surface area contributed by atoms with Crippen molar-refractivity contribution in [3.63, 3.8) is 0 Å². The lowest BCUT2D eigenvalue weighted by Gasteiger charge is -2.14. The Bertz CT molecular complexity index is 576. The average Bonchev–Trinajstić information content (AvgIpc) is 2.30. The maximum Gasteiger partial charge on any atom is 0.126 e. The van der Waals surface area contributed by atoms with Gasteiger partial charge in [-0.05, 0) is 47.9 Å². The molecule has 0 aromatic heterocycles. The van der Waals surface area contributed by atoms with Crippen LogP contribution in [0.25, 0.3) is 0 Å². The lowest BCUT2D eigenvalue weighted by Crippen LogP contribution is -2.05. The van der Waals surface area contributed by atoms with Crippen LogP contribution in [0.5, 0.6) is 0 Å². The highest BCUT2D eigenvalue weighted by atomic mass is 19.1. The van der Waals surface area contributed by atoms with E-state index in [-0.39, 0.29) is 6.42 Å². The monoisotopic (exact) mass is 266 g/mol. The number of hydrogen-bond acceptors (Lipinski definition) is 1. The molecule has 19 heavy (non-hydrogen) atoms. The molecular weight excluding hydrogens is 253 g/mol. The van der Waals surface area contributed by atoms with Gasteiger partial charge in [0.25, 0.3) is 0 Å². The van der Waals surface area contributed by atoms with Crippen molar-refractivity contribution in [2.75, 3.05) is 0 Å². The predicted octanol–water partition coefficient (Wildman–Crippen LogP) is 3.69. The summed E-state index contributed by atoms with van der Waals surface area (Å²) in [5.41, 5.74) is 1.48. The first kappa shape index (κ1) is 13.6. The first-order chi connectivity index (χ1) is 8.95. The molecule has 0 saturated carbocycles. The number of halogens is 3. The van der Waals surface area contributed by atoms with E-state index in [4.69, 9.17) is 0 Å². The second-order valence-corrected chi connectivity index (χ2v) is 4.50. The van der Waals surface area contributed by atoms with Crippen LogP contribution in [0.15, 0.2) is 36.4 Å². The molecule has 0 amide bonds. The topological polar surface area (TPSA) is 20.2 Å². The molecule has 2 aromatic carbocycles. The molecule has 1 atom stereocenters. The molecule has 0 radical (unpaired) electrons. The molecule has 0 aliphatic heterocycles. The van der Waals surface area contributed by atoms with E-state index in [9.17, 15) is 18.3 Å². The zero-order chi connectivity index (χ0) is 14.0. The minimum Gasteiger partial charge on any atom is -0.388 e. The summed E-state index contributed by atoms with van der Waals surface area (Å²) < 4.78 is 39.2. The van der Waals surface area contributed by atoms with Crippen LogP contribution >= 0.6 is 0 Å².